The molecular weight excluding hydrogens is 250 g/mol. The SMILES string of the molecule is COc1cccc(OC)c1C(=O)N(C)C(C)C(=O)O. The van der Waals surface area contributed by atoms with Gasteiger partial charge in [0.05, 0.1) is 14.2 Å². The molecule has 1 rings (SSSR count). The molecule has 1 aromatic carbocycles. The van der Waals surface area contributed by atoms with Crippen LogP contribution in [0.15, 0.2) is 18.2 Å². The lowest BCUT2D eigenvalue weighted by molar-refractivity contribution is -0.141. The highest BCUT2D eigenvalue weighted by atomic mass is 16.5. The minimum atomic E-state index is -1.08. The molecule has 0 saturated carbocycles. The molecule has 1 amide bonds. The summed E-state index contributed by atoms with van der Waals surface area (Å²) in [7, 11) is 4.30. The number of carboxylic acids is 1. The van der Waals surface area contributed by atoms with Crippen molar-refractivity contribution in [2.75, 3.05) is 21.3 Å². The van der Waals surface area contributed by atoms with E-state index in [1.165, 1.54) is 28.2 Å². The second-order valence-electron chi connectivity index (χ2n) is 3.97. The van der Waals surface area contributed by atoms with E-state index in [0.717, 1.165) is 4.90 Å². The molecule has 19 heavy (non-hydrogen) atoms. The number of carbonyl (C=O) groups is 2. The summed E-state index contributed by atoms with van der Waals surface area (Å²) in [5, 5.41) is 8.94. The maximum atomic E-state index is 12.4. The van der Waals surface area contributed by atoms with E-state index in [2.05, 4.69) is 0 Å². The van der Waals surface area contributed by atoms with Gasteiger partial charge in [0.1, 0.15) is 23.1 Å². The molecule has 104 valence electrons. The summed E-state index contributed by atoms with van der Waals surface area (Å²) in [6.45, 7) is 1.43. The van der Waals surface area contributed by atoms with E-state index in [0.29, 0.717) is 11.5 Å². The van der Waals surface area contributed by atoms with Gasteiger partial charge in [-0.05, 0) is 19.1 Å². The summed E-state index contributed by atoms with van der Waals surface area (Å²) >= 11 is 0. The van der Waals surface area contributed by atoms with Gasteiger partial charge < -0.3 is 19.5 Å². The third-order valence-electron chi connectivity index (χ3n) is 2.90. The van der Waals surface area contributed by atoms with Crippen molar-refractivity contribution in [3.63, 3.8) is 0 Å². The number of hydrogen-bond acceptors (Lipinski definition) is 4. The van der Waals surface area contributed by atoms with Gasteiger partial charge in [0.15, 0.2) is 0 Å². The third-order valence-corrected chi connectivity index (χ3v) is 2.90. The second-order valence-corrected chi connectivity index (χ2v) is 3.97. The molecule has 0 heterocycles. The predicted molar refractivity (Wildman–Crippen MR) is 68.7 cm³/mol. The molecule has 0 saturated heterocycles. The molecule has 0 aliphatic carbocycles. The molecule has 6 nitrogen and oxygen atoms in total. The van der Waals surface area contributed by atoms with Gasteiger partial charge in [-0.2, -0.15) is 0 Å². The Hall–Kier alpha value is -2.24. The second kappa shape index (κ2) is 6.08. The molecule has 1 atom stereocenters. The van der Waals surface area contributed by atoms with Crippen molar-refractivity contribution in [3.8, 4) is 11.5 Å². The van der Waals surface area contributed by atoms with Crippen LogP contribution < -0.4 is 9.47 Å². The van der Waals surface area contributed by atoms with Gasteiger partial charge in [0.25, 0.3) is 5.91 Å². The highest BCUT2D eigenvalue weighted by molar-refractivity contribution is 6.01. The standard InChI is InChI=1S/C13H17NO5/c1-8(13(16)17)14(2)12(15)11-9(18-3)6-5-7-10(11)19-4/h5-8H,1-4H3,(H,16,17). The molecule has 0 fully saturated rings. The van der Waals surface area contributed by atoms with E-state index >= 15 is 0 Å². The first-order valence-electron chi connectivity index (χ1n) is 5.65. The smallest absolute Gasteiger partial charge is 0.326 e. The fourth-order valence-electron chi connectivity index (χ4n) is 1.58. The zero-order valence-electron chi connectivity index (χ0n) is 11.3. The monoisotopic (exact) mass is 267 g/mol. The average molecular weight is 267 g/mol. The lowest BCUT2D eigenvalue weighted by atomic mass is 10.1. The Morgan fingerprint density at radius 3 is 2.05 bits per heavy atom. The summed E-state index contributed by atoms with van der Waals surface area (Å²) in [6, 6.07) is 3.99. The van der Waals surface area contributed by atoms with Gasteiger partial charge in [-0.15, -0.1) is 0 Å². The number of likely N-dealkylation sites (N-methyl/N-ethyl adjacent to an activating group) is 1. The molecule has 1 unspecified atom stereocenters. The molecule has 0 aliphatic rings. The topological polar surface area (TPSA) is 76.1 Å². The van der Waals surface area contributed by atoms with Gasteiger partial charge in [-0.25, -0.2) is 4.79 Å². The summed E-state index contributed by atoms with van der Waals surface area (Å²) in [6.07, 6.45) is 0. The number of carboxylic acid groups (broad SMARTS) is 1. The molecule has 1 aromatic rings. The van der Waals surface area contributed by atoms with E-state index < -0.39 is 17.9 Å². The Morgan fingerprint density at radius 1 is 1.21 bits per heavy atom. The van der Waals surface area contributed by atoms with Crippen molar-refractivity contribution in [1.82, 2.24) is 4.90 Å². The van der Waals surface area contributed by atoms with E-state index in [1.54, 1.807) is 18.2 Å². The molecule has 6 heteroatoms. The molecular formula is C13H17NO5. The van der Waals surface area contributed by atoms with E-state index in [4.69, 9.17) is 14.6 Å². The van der Waals surface area contributed by atoms with Crippen LogP contribution in [0.1, 0.15) is 17.3 Å². The number of carbonyl (C=O) groups excluding carboxylic acids is 1. The van der Waals surface area contributed by atoms with Crippen LogP contribution in [0.25, 0.3) is 0 Å². The number of aliphatic carboxylic acids is 1. The largest absolute Gasteiger partial charge is 0.496 e. The Bertz CT molecular complexity index is 464. The zero-order chi connectivity index (χ0) is 14.6. The maximum Gasteiger partial charge on any atom is 0.326 e. The molecule has 0 radical (unpaired) electrons. The van der Waals surface area contributed by atoms with Crippen LogP contribution >= 0.6 is 0 Å². The molecule has 0 aromatic heterocycles. The third kappa shape index (κ3) is 2.96. The number of amides is 1. The fraction of sp³-hybridized carbons (Fsp3) is 0.385. The van der Waals surface area contributed by atoms with Crippen LogP contribution in [-0.2, 0) is 4.79 Å². The Labute approximate surface area is 111 Å². The number of ether oxygens (including phenoxy) is 2. The van der Waals surface area contributed by atoms with Crippen LogP contribution in [0.4, 0.5) is 0 Å². The summed E-state index contributed by atoms with van der Waals surface area (Å²) < 4.78 is 10.2. The van der Waals surface area contributed by atoms with Gasteiger partial charge in [0, 0.05) is 7.05 Å². The molecule has 0 bridgehead atoms. The minimum absolute atomic E-state index is 0.211. The van der Waals surface area contributed by atoms with Crippen molar-refractivity contribution in [2.45, 2.75) is 13.0 Å². The number of nitrogens with zero attached hydrogens (tertiary/aromatic N) is 1. The number of methoxy groups -OCH3 is 2. The van der Waals surface area contributed by atoms with Crippen LogP contribution in [0.3, 0.4) is 0 Å². The Morgan fingerprint density at radius 2 is 1.68 bits per heavy atom. The first kappa shape index (κ1) is 14.8. The van der Waals surface area contributed by atoms with Crippen molar-refractivity contribution < 1.29 is 24.2 Å². The van der Waals surface area contributed by atoms with E-state index in [9.17, 15) is 9.59 Å². The predicted octanol–water partition coefficient (Wildman–Crippen LogP) is 1.25. The number of hydrogen-bond donors (Lipinski definition) is 1. The Balaban J connectivity index is 3.21. The molecule has 1 N–H and O–H groups in total. The van der Waals surface area contributed by atoms with Crippen molar-refractivity contribution in [3.05, 3.63) is 23.8 Å². The van der Waals surface area contributed by atoms with Crippen molar-refractivity contribution in [1.29, 1.82) is 0 Å². The lowest BCUT2D eigenvalue weighted by Gasteiger charge is -2.23. The van der Waals surface area contributed by atoms with Gasteiger partial charge >= 0.3 is 5.97 Å². The van der Waals surface area contributed by atoms with Crippen LogP contribution in [0.5, 0.6) is 11.5 Å². The average Bonchev–Trinajstić information content (AvgIpc) is 2.43. The van der Waals surface area contributed by atoms with E-state index in [1.807, 2.05) is 0 Å². The summed E-state index contributed by atoms with van der Waals surface area (Å²) in [4.78, 5) is 24.4. The van der Waals surface area contributed by atoms with E-state index in [-0.39, 0.29) is 5.56 Å². The van der Waals surface area contributed by atoms with Crippen LogP contribution in [-0.4, -0.2) is 49.2 Å². The Kier molecular flexibility index (Phi) is 4.74. The highest BCUT2D eigenvalue weighted by Crippen LogP contribution is 2.29. The van der Waals surface area contributed by atoms with Crippen molar-refractivity contribution >= 4 is 11.9 Å². The minimum Gasteiger partial charge on any atom is -0.496 e. The number of benzene rings is 1. The molecule has 0 aliphatic heterocycles. The number of rotatable bonds is 5. The molecule has 0 spiro atoms. The van der Waals surface area contributed by atoms with Crippen molar-refractivity contribution in [2.24, 2.45) is 0 Å². The zero-order valence-corrected chi connectivity index (χ0v) is 11.3. The van der Waals surface area contributed by atoms with Gasteiger partial charge in [-0.3, -0.25) is 4.79 Å². The normalized spacial score (nSPS) is 11.6. The highest BCUT2D eigenvalue weighted by Gasteiger charge is 2.27. The van der Waals surface area contributed by atoms with Gasteiger partial charge in [0.2, 0.25) is 0 Å². The lowest BCUT2D eigenvalue weighted by Crippen LogP contribution is -2.40. The first-order chi connectivity index (χ1) is 8.93. The summed E-state index contributed by atoms with van der Waals surface area (Å²) in [5.41, 5.74) is 0.211. The first-order valence-corrected chi connectivity index (χ1v) is 5.65. The van der Waals surface area contributed by atoms with Crippen LogP contribution in [0, 0.1) is 0 Å². The maximum absolute atomic E-state index is 12.4. The van der Waals surface area contributed by atoms with Gasteiger partial charge in [-0.1, -0.05) is 6.07 Å². The summed E-state index contributed by atoms with van der Waals surface area (Å²) in [5.74, 6) is -0.864. The van der Waals surface area contributed by atoms with Crippen LogP contribution in [0.2, 0.25) is 0 Å². The fourth-order valence-corrected chi connectivity index (χ4v) is 1.58. The quantitative estimate of drug-likeness (QED) is 0.868.